The third kappa shape index (κ3) is 2.86. The summed E-state index contributed by atoms with van der Waals surface area (Å²) >= 11 is 0. The molecule has 0 fully saturated rings. The molecule has 0 aliphatic rings. The number of methoxy groups -OCH3 is 1. The molecule has 1 aromatic rings. The van der Waals surface area contributed by atoms with Crippen LogP contribution in [-0.2, 0) is 11.3 Å². The molecule has 1 rings (SSSR count). The highest BCUT2D eigenvalue weighted by molar-refractivity contribution is 5.91. The maximum atomic E-state index is 11.3. The topological polar surface area (TPSA) is 77.5 Å². The number of amides is 1. The van der Waals surface area contributed by atoms with Gasteiger partial charge in [-0.1, -0.05) is 0 Å². The molecule has 14 heavy (non-hydrogen) atoms. The van der Waals surface area contributed by atoms with Gasteiger partial charge in [-0.3, -0.25) is 4.79 Å². The average Bonchev–Trinajstić information content (AvgIpc) is 2.63. The summed E-state index contributed by atoms with van der Waals surface area (Å²) in [6.07, 6.45) is 0. The van der Waals surface area contributed by atoms with E-state index in [0.29, 0.717) is 25.5 Å². The normalized spacial score (nSPS) is 10.1. The molecule has 0 saturated carbocycles. The summed E-state index contributed by atoms with van der Waals surface area (Å²) in [4.78, 5) is 11.3. The monoisotopic (exact) mass is 198 g/mol. The summed E-state index contributed by atoms with van der Waals surface area (Å²) in [5, 5.41) is 2.61. The van der Waals surface area contributed by atoms with E-state index >= 15 is 0 Å². The van der Waals surface area contributed by atoms with Gasteiger partial charge in [0, 0.05) is 20.2 Å². The molecule has 78 valence electrons. The second kappa shape index (κ2) is 5.41. The smallest absolute Gasteiger partial charge is 0.287 e. The van der Waals surface area contributed by atoms with Crippen LogP contribution in [0.4, 0.5) is 0 Å². The Morgan fingerprint density at radius 3 is 3.07 bits per heavy atom. The lowest BCUT2D eigenvalue weighted by Crippen LogP contribution is -2.28. The Bertz CT molecular complexity index is 296. The van der Waals surface area contributed by atoms with Crippen molar-refractivity contribution in [2.45, 2.75) is 6.61 Å². The molecule has 5 nitrogen and oxygen atoms in total. The lowest BCUT2D eigenvalue weighted by molar-refractivity contribution is 0.0918. The zero-order valence-corrected chi connectivity index (χ0v) is 8.08. The van der Waals surface area contributed by atoms with Gasteiger partial charge in [0.15, 0.2) is 5.76 Å². The van der Waals surface area contributed by atoms with Crippen molar-refractivity contribution in [1.82, 2.24) is 5.32 Å². The lowest BCUT2D eigenvalue weighted by atomic mass is 10.4. The molecule has 1 amide bonds. The third-order valence-corrected chi connectivity index (χ3v) is 1.60. The predicted octanol–water partition coefficient (Wildman–Crippen LogP) is 0.115. The van der Waals surface area contributed by atoms with Crippen LogP contribution in [0, 0.1) is 0 Å². The van der Waals surface area contributed by atoms with Crippen molar-refractivity contribution in [3.05, 3.63) is 23.7 Å². The molecular weight excluding hydrogens is 184 g/mol. The Kier molecular flexibility index (Phi) is 4.15. The quantitative estimate of drug-likeness (QED) is 0.704. The van der Waals surface area contributed by atoms with Gasteiger partial charge in [-0.25, -0.2) is 0 Å². The second-order valence-electron chi connectivity index (χ2n) is 2.74. The second-order valence-corrected chi connectivity index (χ2v) is 2.74. The van der Waals surface area contributed by atoms with E-state index in [1.54, 1.807) is 19.2 Å². The fourth-order valence-corrected chi connectivity index (χ4v) is 0.993. The molecule has 0 unspecified atom stereocenters. The zero-order chi connectivity index (χ0) is 10.4. The van der Waals surface area contributed by atoms with Crippen molar-refractivity contribution in [3.63, 3.8) is 0 Å². The van der Waals surface area contributed by atoms with Gasteiger partial charge in [-0.05, 0) is 12.1 Å². The molecule has 0 saturated heterocycles. The van der Waals surface area contributed by atoms with E-state index in [2.05, 4.69) is 5.32 Å². The first-order valence-electron chi connectivity index (χ1n) is 4.34. The third-order valence-electron chi connectivity index (χ3n) is 1.60. The molecule has 5 heteroatoms. The van der Waals surface area contributed by atoms with E-state index in [9.17, 15) is 4.79 Å². The van der Waals surface area contributed by atoms with E-state index in [1.807, 2.05) is 0 Å². The molecule has 0 aliphatic heterocycles. The number of nitrogens with one attached hydrogen (secondary N) is 1. The van der Waals surface area contributed by atoms with Gasteiger partial charge >= 0.3 is 0 Å². The largest absolute Gasteiger partial charge is 0.453 e. The summed E-state index contributed by atoms with van der Waals surface area (Å²) in [6, 6.07) is 3.32. The average molecular weight is 198 g/mol. The highest BCUT2D eigenvalue weighted by atomic mass is 16.5. The number of ether oxygens (including phenoxy) is 1. The number of hydrogen-bond donors (Lipinski definition) is 2. The minimum Gasteiger partial charge on any atom is -0.453 e. The van der Waals surface area contributed by atoms with Crippen LogP contribution >= 0.6 is 0 Å². The predicted molar refractivity (Wildman–Crippen MR) is 50.8 cm³/mol. The number of furan rings is 1. The number of nitrogens with two attached hydrogens (primary N) is 1. The standard InChI is InChI=1S/C9H14N2O3/c1-13-6-7-2-3-8(14-7)9(12)11-5-4-10/h2-3H,4-6,10H2,1H3,(H,11,12). The Hall–Kier alpha value is -1.33. The van der Waals surface area contributed by atoms with Gasteiger partial charge in [-0.2, -0.15) is 0 Å². The summed E-state index contributed by atoms with van der Waals surface area (Å²) in [5.41, 5.74) is 5.24. The van der Waals surface area contributed by atoms with Crippen molar-refractivity contribution in [3.8, 4) is 0 Å². The van der Waals surface area contributed by atoms with Crippen LogP contribution < -0.4 is 11.1 Å². The van der Waals surface area contributed by atoms with E-state index in [1.165, 1.54) is 0 Å². The Morgan fingerprint density at radius 2 is 2.43 bits per heavy atom. The molecule has 0 atom stereocenters. The number of hydrogen-bond acceptors (Lipinski definition) is 4. The molecule has 3 N–H and O–H groups in total. The van der Waals surface area contributed by atoms with Crippen LogP contribution in [0.1, 0.15) is 16.3 Å². The van der Waals surface area contributed by atoms with Crippen molar-refractivity contribution < 1.29 is 13.9 Å². The van der Waals surface area contributed by atoms with Crippen molar-refractivity contribution in [2.75, 3.05) is 20.2 Å². The van der Waals surface area contributed by atoms with Gasteiger partial charge in [0.05, 0.1) is 0 Å². The van der Waals surface area contributed by atoms with Crippen LogP contribution in [0.25, 0.3) is 0 Å². The van der Waals surface area contributed by atoms with E-state index in [-0.39, 0.29) is 11.7 Å². The van der Waals surface area contributed by atoms with Crippen LogP contribution in [0.2, 0.25) is 0 Å². The van der Waals surface area contributed by atoms with Crippen molar-refractivity contribution in [2.24, 2.45) is 5.73 Å². The van der Waals surface area contributed by atoms with Crippen molar-refractivity contribution >= 4 is 5.91 Å². The van der Waals surface area contributed by atoms with Crippen molar-refractivity contribution in [1.29, 1.82) is 0 Å². The number of rotatable bonds is 5. The van der Waals surface area contributed by atoms with E-state index < -0.39 is 0 Å². The first-order chi connectivity index (χ1) is 6.77. The molecule has 0 bridgehead atoms. The van der Waals surface area contributed by atoms with Gasteiger partial charge < -0.3 is 20.2 Å². The van der Waals surface area contributed by atoms with Crippen LogP contribution in [0.3, 0.4) is 0 Å². The summed E-state index contributed by atoms with van der Waals surface area (Å²) in [5.74, 6) is 0.661. The molecule has 1 aromatic heterocycles. The summed E-state index contributed by atoms with van der Waals surface area (Å²) < 4.78 is 10.1. The van der Waals surface area contributed by atoms with E-state index in [4.69, 9.17) is 14.9 Å². The lowest BCUT2D eigenvalue weighted by Gasteiger charge is -1.99. The maximum absolute atomic E-state index is 11.3. The summed E-state index contributed by atoms with van der Waals surface area (Å²) in [7, 11) is 1.57. The molecular formula is C9H14N2O3. The fraction of sp³-hybridized carbons (Fsp3) is 0.444. The minimum atomic E-state index is -0.252. The maximum Gasteiger partial charge on any atom is 0.287 e. The zero-order valence-electron chi connectivity index (χ0n) is 8.08. The first kappa shape index (κ1) is 10.7. The number of carbonyl (C=O) groups excluding carboxylic acids is 1. The van der Waals surface area contributed by atoms with Crippen LogP contribution in [0.15, 0.2) is 16.5 Å². The Balaban J connectivity index is 2.53. The number of carbonyl (C=O) groups is 1. The highest BCUT2D eigenvalue weighted by Crippen LogP contribution is 2.08. The molecule has 0 spiro atoms. The molecule has 1 heterocycles. The van der Waals surface area contributed by atoms with Gasteiger partial charge in [-0.15, -0.1) is 0 Å². The Labute approximate surface area is 82.2 Å². The van der Waals surface area contributed by atoms with Crippen LogP contribution in [0.5, 0.6) is 0 Å². The molecule has 0 radical (unpaired) electrons. The van der Waals surface area contributed by atoms with Crippen LogP contribution in [-0.4, -0.2) is 26.1 Å². The van der Waals surface area contributed by atoms with E-state index in [0.717, 1.165) is 0 Å². The minimum absolute atomic E-state index is 0.252. The van der Waals surface area contributed by atoms with Gasteiger partial charge in [0.25, 0.3) is 5.91 Å². The molecule has 0 aromatic carbocycles. The highest BCUT2D eigenvalue weighted by Gasteiger charge is 2.09. The van der Waals surface area contributed by atoms with Gasteiger partial charge in [0.1, 0.15) is 12.4 Å². The Morgan fingerprint density at radius 1 is 1.64 bits per heavy atom. The summed E-state index contributed by atoms with van der Waals surface area (Å²) in [6.45, 7) is 1.22. The SMILES string of the molecule is COCc1ccc(C(=O)NCCN)o1. The first-order valence-corrected chi connectivity index (χ1v) is 4.34. The fourth-order valence-electron chi connectivity index (χ4n) is 0.993. The molecule has 0 aliphatic carbocycles. The van der Waals surface area contributed by atoms with Gasteiger partial charge in [0.2, 0.25) is 0 Å².